The van der Waals surface area contributed by atoms with Crippen molar-refractivity contribution in [2.24, 2.45) is 0 Å². The van der Waals surface area contributed by atoms with E-state index in [1.54, 1.807) is 0 Å². The van der Waals surface area contributed by atoms with Crippen LogP contribution < -0.4 is 0 Å². The van der Waals surface area contributed by atoms with Gasteiger partial charge in [0.25, 0.3) is 0 Å². The van der Waals surface area contributed by atoms with E-state index < -0.39 is 0 Å². The van der Waals surface area contributed by atoms with Crippen LogP contribution in [0.5, 0.6) is 0 Å². The molecule has 5 heavy (non-hydrogen) atoms. The molecule has 0 nitrogen and oxygen atoms in total. The first-order valence-corrected chi connectivity index (χ1v) is 2.03. The molecule has 0 aromatic carbocycles. The zero-order chi connectivity index (χ0) is 4.12. The summed E-state index contributed by atoms with van der Waals surface area (Å²) in [5.41, 5.74) is 0. The van der Waals surface area contributed by atoms with E-state index >= 15 is 0 Å². The summed E-state index contributed by atoms with van der Waals surface area (Å²) in [5.74, 6) is 0. The highest BCUT2D eigenvalue weighted by Gasteiger charge is 1.52. The molecule has 0 aliphatic carbocycles. The lowest BCUT2D eigenvalue weighted by Gasteiger charge is -1.65. The van der Waals surface area contributed by atoms with Gasteiger partial charge in [0.15, 0.2) is 0 Å². The van der Waals surface area contributed by atoms with Crippen LogP contribution in [0.4, 0.5) is 0 Å². The Labute approximate surface area is 33.5 Å². The fourth-order valence-corrected chi connectivity index (χ4v) is 0.236. The molecule has 0 bridgehead atoms. The number of hydrogen-bond acceptors (Lipinski definition) is 0. The van der Waals surface area contributed by atoms with Gasteiger partial charge in [0.2, 0.25) is 0 Å². The molecule has 0 heteroatoms. The Balaban J connectivity index is 2.62. The van der Waals surface area contributed by atoms with Crippen molar-refractivity contribution in [3.8, 4) is 0 Å². The summed E-state index contributed by atoms with van der Waals surface area (Å²) in [6.45, 7) is 4.16. The van der Waals surface area contributed by atoms with Crippen LogP contribution in [0.2, 0.25) is 0 Å². The minimum atomic E-state index is 1.16. The van der Waals surface area contributed by atoms with E-state index in [1.807, 2.05) is 6.92 Å². The van der Waals surface area contributed by atoms with Gasteiger partial charge in [-0.15, -0.1) is 0 Å². The Bertz CT molecular complexity index is 27.0. The first kappa shape index (κ1) is 4.74. The molecular weight excluding hydrogens is 60.1 g/mol. The highest BCUT2D eigenvalue weighted by molar-refractivity contribution is 4.73. The largest absolute Gasteiger partial charge is 0.0917 e. The lowest BCUT2D eigenvalue weighted by Crippen LogP contribution is -1.43. The van der Waals surface area contributed by atoms with Crippen molar-refractivity contribution in [2.45, 2.75) is 20.3 Å². The van der Waals surface area contributed by atoms with Crippen LogP contribution in [0.15, 0.2) is 12.2 Å². The standard InChI is InChI=1S/C5H10/c1-3-5-4-2/h3,5H,4H2,1-2H3. The summed E-state index contributed by atoms with van der Waals surface area (Å²) in [4.78, 5) is 0. The Kier molecular flexibility index (Phi) is 3.55. The number of hydrogen-bond donors (Lipinski definition) is 0. The van der Waals surface area contributed by atoms with Gasteiger partial charge in [-0.1, -0.05) is 19.1 Å². The predicted octanol–water partition coefficient (Wildman–Crippen LogP) is 1.97. The van der Waals surface area contributed by atoms with E-state index in [-0.39, 0.29) is 0 Å². The van der Waals surface area contributed by atoms with Gasteiger partial charge in [0.05, 0.1) is 0 Å². The quantitative estimate of drug-likeness (QED) is 0.414. The van der Waals surface area contributed by atoms with E-state index in [2.05, 4.69) is 19.1 Å². The predicted molar refractivity (Wildman–Crippen MR) is 25.1 cm³/mol. The van der Waals surface area contributed by atoms with Gasteiger partial charge in [-0.3, -0.25) is 0 Å². The second-order valence-corrected chi connectivity index (χ2v) is 0.977. The maximum atomic E-state index is 2.12. The molecule has 0 spiro atoms. The Hall–Kier alpha value is -0.260. The Morgan fingerprint density at radius 2 is 2.20 bits per heavy atom. The van der Waals surface area contributed by atoms with Crippen molar-refractivity contribution in [3.05, 3.63) is 12.2 Å². The summed E-state index contributed by atoms with van der Waals surface area (Å²) < 4.78 is 0. The third kappa shape index (κ3) is 3.74. The molecule has 0 saturated heterocycles. The molecule has 0 aromatic heterocycles. The van der Waals surface area contributed by atoms with Crippen LogP contribution in [0.3, 0.4) is 0 Å². The lowest BCUT2D eigenvalue weighted by atomic mass is 10.4. The maximum Gasteiger partial charge on any atom is -0.0379 e. The van der Waals surface area contributed by atoms with Crippen molar-refractivity contribution >= 4 is 0 Å². The smallest absolute Gasteiger partial charge is 0.0379 e. The molecule has 0 fully saturated rings. The molecule has 0 unspecified atom stereocenters. The van der Waals surface area contributed by atoms with Crippen LogP contribution in [0.25, 0.3) is 0 Å². The Morgan fingerprint density at radius 3 is 2.20 bits per heavy atom. The maximum absolute atomic E-state index is 2.12. The second-order valence-electron chi connectivity index (χ2n) is 0.977. The fraction of sp³-hybridized carbons (Fsp3) is 0.600. The normalized spacial score (nSPS) is 10.0. The monoisotopic (exact) mass is 70.1 g/mol. The van der Waals surface area contributed by atoms with Crippen molar-refractivity contribution in [3.63, 3.8) is 0 Å². The van der Waals surface area contributed by atoms with E-state index in [0.717, 1.165) is 6.42 Å². The molecule has 0 N–H and O–H groups in total. The third-order valence-corrected chi connectivity index (χ3v) is 0.471. The lowest BCUT2D eigenvalue weighted by molar-refractivity contribution is 1.22. The molecule has 0 atom stereocenters. The van der Waals surface area contributed by atoms with E-state index in [4.69, 9.17) is 0 Å². The SMILES string of the molecule is CC=CCC. The molecule has 0 amide bonds. The van der Waals surface area contributed by atoms with E-state index in [0.29, 0.717) is 0 Å². The van der Waals surface area contributed by atoms with Gasteiger partial charge < -0.3 is 0 Å². The third-order valence-electron chi connectivity index (χ3n) is 0.471. The van der Waals surface area contributed by atoms with Crippen molar-refractivity contribution in [1.29, 1.82) is 0 Å². The number of allylic oxidation sites excluding steroid dienone is 2. The average molecular weight is 70.1 g/mol. The molecular formula is C5H10. The van der Waals surface area contributed by atoms with Gasteiger partial charge in [0, 0.05) is 0 Å². The minimum absolute atomic E-state index is 1.16. The van der Waals surface area contributed by atoms with Crippen molar-refractivity contribution in [1.82, 2.24) is 0 Å². The summed E-state index contributed by atoms with van der Waals surface area (Å²) in [5, 5.41) is 0. The van der Waals surface area contributed by atoms with Crippen LogP contribution in [-0.2, 0) is 0 Å². The highest BCUT2D eigenvalue weighted by atomic mass is 13.6. The topological polar surface area (TPSA) is 0 Å². The minimum Gasteiger partial charge on any atom is -0.0917 e. The van der Waals surface area contributed by atoms with Gasteiger partial charge in [0.1, 0.15) is 0 Å². The molecule has 0 aliphatic rings. The summed E-state index contributed by atoms with van der Waals surface area (Å²) in [6, 6.07) is 0. The highest BCUT2D eigenvalue weighted by Crippen LogP contribution is 1.73. The van der Waals surface area contributed by atoms with Gasteiger partial charge in [-0.2, -0.15) is 0 Å². The number of rotatable bonds is 1. The average Bonchev–Trinajstić information content (AvgIpc) is 1.41. The molecule has 0 saturated carbocycles. The van der Waals surface area contributed by atoms with Gasteiger partial charge >= 0.3 is 0 Å². The van der Waals surface area contributed by atoms with Gasteiger partial charge in [-0.25, -0.2) is 0 Å². The molecule has 0 heterocycles. The first-order chi connectivity index (χ1) is 2.41. The molecule has 0 rings (SSSR count). The molecule has 0 aromatic rings. The van der Waals surface area contributed by atoms with Crippen LogP contribution in [-0.4, -0.2) is 0 Å². The molecule has 0 radical (unpaired) electrons. The Morgan fingerprint density at radius 1 is 1.60 bits per heavy atom. The summed E-state index contributed by atoms with van der Waals surface area (Å²) in [6.07, 6.45) is 5.34. The van der Waals surface area contributed by atoms with Crippen LogP contribution >= 0.6 is 0 Å². The summed E-state index contributed by atoms with van der Waals surface area (Å²) >= 11 is 0. The fourth-order valence-electron chi connectivity index (χ4n) is 0.236. The first-order valence-electron chi connectivity index (χ1n) is 2.03. The van der Waals surface area contributed by atoms with Crippen LogP contribution in [0, 0.1) is 0 Å². The second kappa shape index (κ2) is 3.74. The van der Waals surface area contributed by atoms with E-state index in [1.165, 1.54) is 0 Å². The van der Waals surface area contributed by atoms with Crippen molar-refractivity contribution in [2.75, 3.05) is 0 Å². The van der Waals surface area contributed by atoms with E-state index in [9.17, 15) is 0 Å². The van der Waals surface area contributed by atoms with Gasteiger partial charge in [-0.05, 0) is 13.3 Å². The van der Waals surface area contributed by atoms with Crippen molar-refractivity contribution < 1.29 is 0 Å². The summed E-state index contributed by atoms with van der Waals surface area (Å²) in [7, 11) is 0. The molecule has 0 aliphatic heterocycles. The van der Waals surface area contributed by atoms with Crippen LogP contribution in [0.1, 0.15) is 20.3 Å². The zero-order valence-corrected chi connectivity index (χ0v) is 3.86. The zero-order valence-electron chi connectivity index (χ0n) is 3.86. The molecule has 30 valence electrons.